The largest absolute Gasteiger partial charge is 0.466 e. The Morgan fingerprint density at radius 1 is 1.40 bits per heavy atom. The highest BCUT2D eigenvalue weighted by atomic mass is 16.5. The Morgan fingerprint density at radius 3 is 2.60 bits per heavy atom. The predicted molar refractivity (Wildman–Crippen MR) is 59.8 cm³/mol. The molecule has 0 bridgehead atoms. The minimum absolute atomic E-state index is 0.128. The molecule has 0 fully saturated rings. The molecule has 0 aliphatic carbocycles. The van der Waals surface area contributed by atoms with E-state index in [9.17, 15) is 4.79 Å². The Hall–Kier alpha value is -0.610. The highest BCUT2D eigenvalue weighted by Crippen LogP contribution is 2.12. The average molecular weight is 217 g/mol. The lowest BCUT2D eigenvalue weighted by Gasteiger charge is -2.22. The Morgan fingerprint density at radius 2 is 2.07 bits per heavy atom. The normalized spacial score (nSPS) is 11.5. The van der Waals surface area contributed by atoms with Crippen LogP contribution >= 0.6 is 0 Å². The van der Waals surface area contributed by atoms with Crippen LogP contribution in [0.25, 0.3) is 0 Å². The van der Waals surface area contributed by atoms with E-state index in [2.05, 4.69) is 5.32 Å². The molecule has 0 aliphatic heterocycles. The first-order chi connectivity index (χ1) is 7.02. The molecule has 15 heavy (non-hydrogen) atoms. The van der Waals surface area contributed by atoms with Crippen molar-refractivity contribution < 1.29 is 14.3 Å². The zero-order valence-corrected chi connectivity index (χ0v) is 10.3. The van der Waals surface area contributed by atoms with E-state index in [-0.39, 0.29) is 11.6 Å². The third kappa shape index (κ3) is 8.39. The molecule has 4 nitrogen and oxygen atoms in total. The van der Waals surface area contributed by atoms with Crippen molar-refractivity contribution in [1.82, 2.24) is 5.32 Å². The summed E-state index contributed by atoms with van der Waals surface area (Å²) in [5.74, 6) is -0.128. The van der Waals surface area contributed by atoms with Crippen molar-refractivity contribution in [1.29, 1.82) is 0 Å². The van der Waals surface area contributed by atoms with Crippen LogP contribution < -0.4 is 5.32 Å². The van der Waals surface area contributed by atoms with Gasteiger partial charge in [0.15, 0.2) is 0 Å². The molecule has 1 N–H and O–H groups in total. The molecule has 0 aromatic rings. The smallest absolute Gasteiger partial charge is 0.305 e. The first kappa shape index (κ1) is 14.4. The lowest BCUT2D eigenvalue weighted by Crippen LogP contribution is -2.25. The molecular formula is C11H23NO3. The highest BCUT2D eigenvalue weighted by molar-refractivity contribution is 5.69. The van der Waals surface area contributed by atoms with Crippen LogP contribution in [-0.4, -0.2) is 38.9 Å². The van der Waals surface area contributed by atoms with Crippen molar-refractivity contribution >= 4 is 5.97 Å². The van der Waals surface area contributed by atoms with E-state index in [1.54, 1.807) is 7.11 Å². The van der Waals surface area contributed by atoms with Gasteiger partial charge in [-0.15, -0.1) is 0 Å². The number of hydrogen-bond acceptors (Lipinski definition) is 4. The molecule has 0 radical (unpaired) electrons. The van der Waals surface area contributed by atoms with Gasteiger partial charge in [-0.3, -0.25) is 4.79 Å². The summed E-state index contributed by atoms with van der Waals surface area (Å²) in [7, 11) is 3.53. The third-order valence-electron chi connectivity index (χ3n) is 2.33. The Kier molecular flexibility index (Phi) is 7.34. The van der Waals surface area contributed by atoms with Gasteiger partial charge in [0.25, 0.3) is 0 Å². The van der Waals surface area contributed by atoms with E-state index in [0.29, 0.717) is 13.0 Å². The van der Waals surface area contributed by atoms with Crippen molar-refractivity contribution in [3.05, 3.63) is 0 Å². The topological polar surface area (TPSA) is 47.6 Å². The summed E-state index contributed by atoms with van der Waals surface area (Å²) >= 11 is 0. The van der Waals surface area contributed by atoms with E-state index in [0.717, 1.165) is 19.4 Å². The van der Waals surface area contributed by atoms with Crippen molar-refractivity contribution in [3.63, 3.8) is 0 Å². The Labute approximate surface area is 92.3 Å². The minimum Gasteiger partial charge on any atom is -0.466 e. The maximum atomic E-state index is 11.2. The fraction of sp³-hybridized carbons (Fsp3) is 0.909. The molecule has 0 spiro atoms. The molecule has 0 aromatic carbocycles. The molecule has 0 atom stereocenters. The van der Waals surface area contributed by atoms with Crippen LogP contribution in [0.3, 0.4) is 0 Å². The molecule has 0 saturated heterocycles. The number of hydrogen-bond donors (Lipinski definition) is 1. The molecule has 0 heterocycles. The Balaban J connectivity index is 3.46. The van der Waals surface area contributed by atoms with Gasteiger partial charge in [0.2, 0.25) is 0 Å². The van der Waals surface area contributed by atoms with Crippen molar-refractivity contribution in [2.45, 2.75) is 38.7 Å². The number of esters is 1. The van der Waals surface area contributed by atoms with Gasteiger partial charge in [0.1, 0.15) is 0 Å². The summed E-state index contributed by atoms with van der Waals surface area (Å²) in [5.41, 5.74) is -0.217. The van der Waals surface area contributed by atoms with Gasteiger partial charge in [0, 0.05) is 20.0 Å². The maximum absolute atomic E-state index is 11.2. The number of methoxy groups -OCH3 is 1. The van der Waals surface area contributed by atoms with Gasteiger partial charge in [-0.25, -0.2) is 0 Å². The van der Waals surface area contributed by atoms with Crippen LogP contribution in [-0.2, 0) is 14.3 Å². The van der Waals surface area contributed by atoms with Crippen LogP contribution in [0.5, 0.6) is 0 Å². The second-order valence-electron chi connectivity index (χ2n) is 4.14. The van der Waals surface area contributed by atoms with Gasteiger partial charge >= 0.3 is 5.97 Å². The predicted octanol–water partition coefficient (Wildman–Crippen LogP) is 1.34. The lowest BCUT2D eigenvalue weighted by atomic mass is 10.1. The molecule has 0 aliphatic rings. The van der Waals surface area contributed by atoms with Crippen LogP contribution in [0.2, 0.25) is 0 Å². The van der Waals surface area contributed by atoms with Crippen LogP contribution in [0, 0.1) is 0 Å². The summed E-state index contributed by atoms with van der Waals surface area (Å²) in [6.45, 7) is 5.22. The number of carbonyl (C=O) groups is 1. The van der Waals surface area contributed by atoms with E-state index in [1.165, 1.54) is 0 Å². The second-order valence-corrected chi connectivity index (χ2v) is 4.14. The summed E-state index contributed by atoms with van der Waals surface area (Å²) in [6, 6.07) is 0. The van der Waals surface area contributed by atoms with Crippen molar-refractivity contribution in [2.75, 3.05) is 27.3 Å². The van der Waals surface area contributed by atoms with E-state index in [4.69, 9.17) is 9.47 Å². The average Bonchev–Trinajstić information content (AvgIpc) is 2.18. The molecule has 0 unspecified atom stereocenters. The molecule has 0 saturated carbocycles. The molecule has 4 heteroatoms. The summed E-state index contributed by atoms with van der Waals surface area (Å²) in [4.78, 5) is 11.2. The fourth-order valence-corrected chi connectivity index (χ4v) is 0.994. The molecule has 0 amide bonds. The fourth-order valence-electron chi connectivity index (χ4n) is 0.994. The first-order valence-electron chi connectivity index (χ1n) is 5.37. The Bertz CT molecular complexity index is 181. The highest BCUT2D eigenvalue weighted by Gasteiger charge is 2.16. The van der Waals surface area contributed by atoms with Gasteiger partial charge in [-0.2, -0.15) is 0 Å². The van der Waals surface area contributed by atoms with Gasteiger partial charge in [-0.05, 0) is 33.9 Å². The van der Waals surface area contributed by atoms with Gasteiger partial charge < -0.3 is 14.8 Å². The lowest BCUT2D eigenvalue weighted by molar-refractivity contribution is -0.145. The number of carbonyl (C=O) groups excluding carboxylic acids is 1. The second kappa shape index (κ2) is 7.65. The van der Waals surface area contributed by atoms with E-state index < -0.39 is 0 Å². The monoisotopic (exact) mass is 217 g/mol. The van der Waals surface area contributed by atoms with Crippen molar-refractivity contribution in [3.8, 4) is 0 Å². The molecule has 0 rings (SSSR count). The maximum Gasteiger partial charge on any atom is 0.305 e. The summed E-state index contributed by atoms with van der Waals surface area (Å²) < 4.78 is 10.3. The molecule has 90 valence electrons. The number of ether oxygens (including phenoxy) is 2. The van der Waals surface area contributed by atoms with E-state index >= 15 is 0 Å². The summed E-state index contributed by atoms with van der Waals surface area (Å²) in [6.07, 6.45) is 2.03. The van der Waals surface area contributed by atoms with Crippen LogP contribution in [0.4, 0.5) is 0 Å². The zero-order chi connectivity index (χ0) is 11.7. The molecular weight excluding hydrogens is 194 g/mol. The number of nitrogens with one attached hydrogen (secondary N) is 1. The van der Waals surface area contributed by atoms with Crippen LogP contribution in [0.1, 0.15) is 33.1 Å². The third-order valence-corrected chi connectivity index (χ3v) is 2.33. The van der Waals surface area contributed by atoms with Crippen LogP contribution in [0.15, 0.2) is 0 Å². The quantitative estimate of drug-likeness (QED) is 0.492. The molecule has 0 aromatic heterocycles. The zero-order valence-electron chi connectivity index (χ0n) is 10.3. The first-order valence-corrected chi connectivity index (χ1v) is 5.37. The standard InChI is InChI=1S/C11H23NO3/c1-11(2,14-4)7-9-15-10(13)6-5-8-12-3/h12H,5-9H2,1-4H3. The van der Waals surface area contributed by atoms with Gasteiger partial charge in [0.05, 0.1) is 12.2 Å². The van der Waals surface area contributed by atoms with Gasteiger partial charge in [-0.1, -0.05) is 0 Å². The SMILES string of the molecule is CNCCCC(=O)OCCC(C)(C)OC. The van der Waals surface area contributed by atoms with E-state index in [1.807, 2.05) is 20.9 Å². The van der Waals surface area contributed by atoms with Crippen molar-refractivity contribution in [2.24, 2.45) is 0 Å². The summed E-state index contributed by atoms with van der Waals surface area (Å²) in [5, 5.41) is 2.98. The minimum atomic E-state index is -0.217. The number of rotatable bonds is 8.